The summed E-state index contributed by atoms with van der Waals surface area (Å²) >= 11 is 5.84. The molecule has 0 aliphatic rings. The van der Waals surface area contributed by atoms with E-state index in [0.29, 0.717) is 16.3 Å². The van der Waals surface area contributed by atoms with Crippen LogP contribution in [0.1, 0.15) is 16.1 Å². The highest BCUT2D eigenvalue weighted by Gasteiger charge is 2.11. The number of nitriles is 1. The Labute approximate surface area is 112 Å². The average Bonchev–Trinajstić information content (AvgIpc) is 2.38. The molecule has 0 bridgehead atoms. The van der Waals surface area contributed by atoms with Gasteiger partial charge in [0.05, 0.1) is 17.3 Å². The van der Waals surface area contributed by atoms with Crippen molar-refractivity contribution in [1.82, 2.24) is 9.78 Å². The van der Waals surface area contributed by atoms with E-state index in [1.165, 1.54) is 29.1 Å². The van der Waals surface area contributed by atoms with Crippen LogP contribution in [0.15, 0.2) is 35.3 Å². The number of hydrogen-bond acceptors (Lipinski definition) is 4. The van der Waals surface area contributed by atoms with E-state index in [-0.39, 0.29) is 0 Å². The predicted molar refractivity (Wildman–Crippen MR) is 66.5 cm³/mol. The molecule has 94 valence electrons. The van der Waals surface area contributed by atoms with Gasteiger partial charge in [-0.3, -0.25) is 4.79 Å². The molecule has 1 aromatic heterocycles. The van der Waals surface area contributed by atoms with Crippen molar-refractivity contribution in [3.8, 4) is 11.8 Å². The second-order valence-electron chi connectivity index (χ2n) is 3.59. The molecule has 0 atom stereocenters. The number of carbonyl (C=O) groups is 1. The third kappa shape index (κ3) is 2.61. The number of hydrogen-bond donors (Lipinski definition) is 1. The van der Waals surface area contributed by atoms with Crippen LogP contribution in [0.4, 0.5) is 0 Å². The maximum atomic E-state index is 11.3. The van der Waals surface area contributed by atoms with Crippen LogP contribution in [-0.4, -0.2) is 20.9 Å². The number of rotatable bonds is 2. The van der Waals surface area contributed by atoms with Gasteiger partial charge in [-0.2, -0.15) is 10.4 Å². The fourth-order valence-electron chi connectivity index (χ4n) is 1.47. The number of aromatic nitrogens is 2. The highest BCUT2D eigenvalue weighted by atomic mass is 35.5. The molecule has 7 heteroatoms. The van der Waals surface area contributed by atoms with E-state index in [9.17, 15) is 9.59 Å². The molecule has 2 rings (SSSR count). The summed E-state index contributed by atoms with van der Waals surface area (Å²) in [5.41, 5.74) is -0.585. The molecular formula is C12H6ClN3O3. The van der Waals surface area contributed by atoms with Crippen LogP contribution in [0.3, 0.4) is 0 Å². The zero-order valence-electron chi connectivity index (χ0n) is 9.37. The van der Waals surface area contributed by atoms with E-state index in [2.05, 4.69) is 5.10 Å². The molecule has 6 nitrogen and oxygen atoms in total. The number of nitrogens with zero attached hydrogens (tertiary/aromatic N) is 3. The maximum Gasteiger partial charge on any atom is 0.360 e. The molecule has 0 fully saturated rings. The molecule has 0 radical (unpaired) electrons. The Kier molecular flexibility index (Phi) is 3.31. The molecule has 0 aliphatic heterocycles. The van der Waals surface area contributed by atoms with Crippen LogP contribution in [0.2, 0.25) is 5.02 Å². The predicted octanol–water partition coefficient (Wildman–Crippen LogP) is 1.46. The van der Waals surface area contributed by atoms with Gasteiger partial charge in [0.1, 0.15) is 0 Å². The second-order valence-corrected chi connectivity index (χ2v) is 4.02. The van der Waals surface area contributed by atoms with Crippen molar-refractivity contribution in [2.75, 3.05) is 0 Å². The highest BCUT2D eigenvalue weighted by molar-refractivity contribution is 6.30. The van der Waals surface area contributed by atoms with E-state index in [1.807, 2.05) is 6.07 Å². The van der Waals surface area contributed by atoms with E-state index in [1.54, 1.807) is 0 Å². The molecule has 0 amide bonds. The largest absolute Gasteiger partial charge is 0.476 e. The van der Waals surface area contributed by atoms with Gasteiger partial charge in [0, 0.05) is 17.3 Å². The van der Waals surface area contributed by atoms with Crippen molar-refractivity contribution >= 4 is 17.6 Å². The van der Waals surface area contributed by atoms with Crippen molar-refractivity contribution in [3.05, 3.63) is 57.0 Å². The SMILES string of the molecule is N#Cc1cc(Cl)cc(-n2ccc(=O)c(C(=O)O)n2)c1. The van der Waals surface area contributed by atoms with Gasteiger partial charge in [0.2, 0.25) is 11.1 Å². The molecule has 0 saturated carbocycles. The summed E-state index contributed by atoms with van der Waals surface area (Å²) in [4.78, 5) is 22.1. The molecule has 2 aromatic rings. The number of benzene rings is 1. The minimum Gasteiger partial charge on any atom is -0.476 e. The van der Waals surface area contributed by atoms with Gasteiger partial charge < -0.3 is 5.11 Å². The Morgan fingerprint density at radius 2 is 2.16 bits per heavy atom. The van der Waals surface area contributed by atoms with Gasteiger partial charge in [-0.25, -0.2) is 9.48 Å². The minimum absolute atomic E-state index is 0.305. The quantitative estimate of drug-likeness (QED) is 0.895. The lowest BCUT2D eigenvalue weighted by Crippen LogP contribution is -2.20. The fourth-order valence-corrected chi connectivity index (χ4v) is 1.70. The standard InChI is InChI=1S/C12H6ClN3O3/c13-8-3-7(6-14)4-9(5-8)16-2-1-10(17)11(15-16)12(18)19/h1-5H,(H,18,19). The first-order valence-electron chi connectivity index (χ1n) is 5.05. The summed E-state index contributed by atoms with van der Waals surface area (Å²) in [5, 5.41) is 21.7. The van der Waals surface area contributed by atoms with E-state index in [0.717, 1.165) is 6.07 Å². The topological polar surface area (TPSA) is 96.0 Å². The van der Waals surface area contributed by atoms with E-state index >= 15 is 0 Å². The lowest BCUT2D eigenvalue weighted by Gasteiger charge is -2.06. The van der Waals surface area contributed by atoms with Crippen molar-refractivity contribution in [1.29, 1.82) is 5.26 Å². The molecule has 1 heterocycles. The van der Waals surface area contributed by atoms with Gasteiger partial charge in [-0.15, -0.1) is 0 Å². The van der Waals surface area contributed by atoms with Crippen molar-refractivity contribution < 1.29 is 9.90 Å². The first-order chi connectivity index (χ1) is 9.01. The highest BCUT2D eigenvalue weighted by Crippen LogP contribution is 2.17. The fraction of sp³-hybridized carbons (Fsp3) is 0. The Hall–Kier alpha value is -2.65. The number of carboxylic acid groups (broad SMARTS) is 1. The molecular weight excluding hydrogens is 270 g/mol. The zero-order valence-corrected chi connectivity index (χ0v) is 10.1. The molecule has 0 saturated heterocycles. The van der Waals surface area contributed by atoms with Crippen LogP contribution in [0.25, 0.3) is 5.69 Å². The molecule has 0 spiro atoms. The number of carboxylic acids is 1. The van der Waals surface area contributed by atoms with E-state index < -0.39 is 17.1 Å². The Morgan fingerprint density at radius 1 is 1.42 bits per heavy atom. The zero-order chi connectivity index (χ0) is 14.0. The first kappa shape index (κ1) is 12.8. The monoisotopic (exact) mass is 275 g/mol. The second kappa shape index (κ2) is 4.92. The lowest BCUT2D eigenvalue weighted by molar-refractivity contribution is 0.0687. The maximum absolute atomic E-state index is 11.3. The smallest absolute Gasteiger partial charge is 0.360 e. The summed E-state index contributed by atoms with van der Waals surface area (Å²) in [6.07, 6.45) is 1.31. The Morgan fingerprint density at radius 3 is 2.79 bits per heavy atom. The van der Waals surface area contributed by atoms with Crippen LogP contribution in [-0.2, 0) is 0 Å². The molecule has 0 unspecified atom stereocenters. The average molecular weight is 276 g/mol. The lowest BCUT2D eigenvalue weighted by atomic mass is 10.2. The molecule has 19 heavy (non-hydrogen) atoms. The van der Waals surface area contributed by atoms with Gasteiger partial charge in [-0.1, -0.05) is 11.6 Å². The van der Waals surface area contributed by atoms with E-state index in [4.69, 9.17) is 22.0 Å². The summed E-state index contributed by atoms with van der Waals surface area (Å²) in [6.45, 7) is 0. The van der Waals surface area contributed by atoms with Crippen LogP contribution in [0.5, 0.6) is 0 Å². The normalized spacial score (nSPS) is 9.89. The Balaban J connectivity index is 2.63. The third-order valence-electron chi connectivity index (χ3n) is 2.29. The summed E-state index contributed by atoms with van der Waals surface area (Å²) in [7, 11) is 0. The van der Waals surface area contributed by atoms with Crippen LogP contribution >= 0.6 is 11.6 Å². The van der Waals surface area contributed by atoms with Crippen LogP contribution < -0.4 is 5.43 Å². The van der Waals surface area contributed by atoms with Gasteiger partial charge in [0.25, 0.3) is 0 Å². The third-order valence-corrected chi connectivity index (χ3v) is 2.51. The minimum atomic E-state index is -1.41. The summed E-state index contributed by atoms with van der Waals surface area (Å²) < 4.78 is 1.18. The van der Waals surface area contributed by atoms with Crippen molar-refractivity contribution in [3.63, 3.8) is 0 Å². The summed E-state index contributed by atoms with van der Waals surface area (Å²) in [6, 6.07) is 7.46. The summed E-state index contributed by atoms with van der Waals surface area (Å²) in [5.74, 6) is -1.41. The molecule has 1 N–H and O–H groups in total. The molecule has 1 aromatic carbocycles. The molecule has 0 aliphatic carbocycles. The number of aromatic carboxylic acids is 1. The van der Waals surface area contributed by atoms with Gasteiger partial charge in [-0.05, 0) is 18.2 Å². The van der Waals surface area contributed by atoms with Gasteiger partial charge in [0.15, 0.2) is 0 Å². The first-order valence-corrected chi connectivity index (χ1v) is 5.43. The van der Waals surface area contributed by atoms with Gasteiger partial charge >= 0.3 is 5.97 Å². The van der Waals surface area contributed by atoms with Crippen molar-refractivity contribution in [2.45, 2.75) is 0 Å². The van der Waals surface area contributed by atoms with Crippen LogP contribution in [0, 0.1) is 11.3 Å². The van der Waals surface area contributed by atoms with Crippen molar-refractivity contribution in [2.24, 2.45) is 0 Å². The Bertz CT molecular complexity index is 762. The number of halogens is 1.